The molecule has 1 aromatic rings. The van der Waals surface area contributed by atoms with Gasteiger partial charge in [-0.2, -0.15) is 0 Å². The quantitative estimate of drug-likeness (QED) is 0.792. The Morgan fingerprint density at radius 3 is 2.00 bits per heavy atom. The van der Waals surface area contributed by atoms with Gasteiger partial charge in [0.25, 0.3) is 0 Å². The Labute approximate surface area is 102 Å². The van der Waals surface area contributed by atoms with E-state index in [0.717, 1.165) is 10.3 Å². The SMILES string of the molecule is CC(C)C(c1ncc(Br)cn1)C(C)Br. The molecule has 0 amide bonds. The number of nitrogens with zero attached hydrogens (tertiary/aromatic N) is 2. The molecule has 4 heteroatoms. The first-order valence-corrected chi connectivity index (χ1v) is 6.34. The van der Waals surface area contributed by atoms with Gasteiger partial charge in [0.2, 0.25) is 0 Å². The molecule has 0 saturated carbocycles. The summed E-state index contributed by atoms with van der Waals surface area (Å²) in [6, 6.07) is 0. The van der Waals surface area contributed by atoms with Crippen LogP contribution in [-0.4, -0.2) is 14.8 Å². The summed E-state index contributed by atoms with van der Waals surface area (Å²) in [6.07, 6.45) is 3.60. The van der Waals surface area contributed by atoms with E-state index in [0.29, 0.717) is 16.7 Å². The third-order valence-corrected chi connectivity index (χ3v) is 3.13. The zero-order chi connectivity index (χ0) is 10.7. The molecule has 14 heavy (non-hydrogen) atoms. The van der Waals surface area contributed by atoms with Crippen molar-refractivity contribution in [2.24, 2.45) is 5.92 Å². The second kappa shape index (κ2) is 5.21. The third-order valence-electron chi connectivity index (χ3n) is 2.15. The summed E-state index contributed by atoms with van der Waals surface area (Å²) < 4.78 is 0.922. The van der Waals surface area contributed by atoms with Crippen LogP contribution in [0, 0.1) is 5.92 Å². The minimum Gasteiger partial charge on any atom is -0.240 e. The van der Waals surface area contributed by atoms with Gasteiger partial charge in [-0.25, -0.2) is 9.97 Å². The molecule has 0 aliphatic carbocycles. The van der Waals surface area contributed by atoms with Crippen molar-refractivity contribution < 1.29 is 0 Å². The minimum absolute atomic E-state index is 0.364. The first kappa shape index (κ1) is 12.1. The third kappa shape index (κ3) is 3.02. The second-order valence-electron chi connectivity index (χ2n) is 3.71. The van der Waals surface area contributed by atoms with Gasteiger partial charge in [-0.05, 0) is 21.8 Å². The fourth-order valence-electron chi connectivity index (χ4n) is 1.53. The van der Waals surface area contributed by atoms with Crippen LogP contribution >= 0.6 is 31.9 Å². The highest BCUT2D eigenvalue weighted by molar-refractivity contribution is 9.10. The summed E-state index contributed by atoms with van der Waals surface area (Å²) in [5.41, 5.74) is 0. The molecule has 0 bridgehead atoms. The van der Waals surface area contributed by atoms with Crippen LogP contribution in [0.2, 0.25) is 0 Å². The first-order valence-electron chi connectivity index (χ1n) is 4.64. The highest BCUT2D eigenvalue weighted by Crippen LogP contribution is 2.29. The molecule has 1 aromatic heterocycles. The van der Waals surface area contributed by atoms with E-state index in [4.69, 9.17) is 0 Å². The van der Waals surface area contributed by atoms with Crippen molar-refractivity contribution >= 4 is 31.9 Å². The van der Waals surface area contributed by atoms with Crippen LogP contribution in [0.5, 0.6) is 0 Å². The number of rotatable bonds is 3. The topological polar surface area (TPSA) is 25.8 Å². The monoisotopic (exact) mass is 320 g/mol. The van der Waals surface area contributed by atoms with Crippen molar-refractivity contribution in [3.8, 4) is 0 Å². The lowest BCUT2D eigenvalue weighted by Gasteiger charge is -2.21. The maximum Gasteiger partial charge on any atom is 0.132 e. The summed E-state index contributed by atoms with van der Waals surface area (Å²) in [7, 11) is 0. The molecule has 0 radical (unpaired) electrons. The van der Waals surface area contributed by atoms with E-state index >= 15 is 0 Å². The van der Waals surface area contributed by atoms with Crippen LogP contribution < -0.4 is 0 Å². The average molecular weight is 322 g/mol. The Morgan fingerprint density at radius 2 is 1.64 bits per heavy atom. The molecule has 1 rings (SSSR count). The molecular weight excluding hydrogens is 308 g/mol. The van der Waals surface area contributed by atoms with Gasteiger partial charge < -0.3 is 0 Å². The molecule has 1 heterocycles. The Kier molecular flexibility index (Phi) is 4.51. The fourth-order valence-corrected chi connectivity index (χ4v) is 2.58. The van der Waals surface area contributed by atoms with Gasteiger partial charge in [0.15, 0.2) is 0 Å². The predicted octanol–water partition coefficient (Wildman–Crippen LogP) is 3.76. The molecule has 0 spiro atoms. The van der Waals surface area contributed by atoms with Crippen LogP contribution in [0.15, 0.2) is 16.9 Å². The van der Waals surface area contributed by atoms with E-state index in [-0.39, 0.29) is 0 Å². The van der Waals surface area contributed by atoms with Gasteiger partial charge in [-0.1, -0.05) is 36.7 Å². The summed E-state index contributed by atoms with van der Waals surface area (Å²) in [6.45, 7) is 6.51. The van der Waals surface area contributed by atoms with Crippen molar-refractivity contribution in [3.63, 3.8) is 0 Å². The normalized spacial score (nSPS) is 15.6. The van der Waals surface area contributed by atoms with E-state index < -0.39 is 0 Å². The van der Waals surface area contributed by atoms with Gasteiger partial charge >= 0.3 is 0 Å². The zero-order valence-corrected chi connectivity index (χ0v) is 11.7. The maximum atomic E-state index is 4.33. The van der Waals surface area contributed by atoms with Crippen LogP contribution in [0.3, 0.4) is 0 Å². The second-order valence-corrected chi connectivity index (χ2v) is 6.07. The summed E-state index contributed by atoms with van der Waals surface area (Å²) in [4.78, 5) is 9.06. The first-order chi connectivity index (χ1) is 6.52. The number of alkyl halides is 1. The van der Waals surface area contributed by atoms with Gasteiger partial charge in [0, 0.05) is 23.1 Å². The molecule has 2 atom stereocenters. The van der Waals surface area contributed by atoms with Crippen molar-refractivity contribution in [1.29, 1.82) is 0 Å². The molecule has 78 valence electrons. The van der Waals surface area contributed by atoms with Crippen LogP contribution in [0.1, 0.15) is 32.5 Å². The fraction of sp³-hybridized carbons (Fsp3) is 0.600. The largest absolute Gasteiger partial charge is 0.240 e. The molecule has 0 aromatic carbocycles. The maximum absolute atomic E-state index is 4.33. The highest BCUT2D eigenvalue weighted by atomic mass is 79.9. The Hall–Kier alpha value is 0.0400. The minimum atomic E-state index is 0.364. The number of hydrogen-bond acceptors (Lipinski definition) is 2. The Balaban J connectivity index is 2.94. The molecule has 0 saturated heterocycles. The number of hydrogen-bond donors (Lipinski definition) is 0. The standard InChI is InChI=1S/C10H14Br2N2/c1-6(2)9(7(3)11)10-13-4-8(12)5-14-10/h4-7,9H,1-3H3. The van der Waals surface area contributed by atoms with Crippen LogP contribution in [0.4, 0.5) is 0 Å². The smallest absolute Gasteiger partial charge is 0.132 e. The van der Waals surface area contributed by atoms with Gasteiger partial charge in [0.05, 0.1) is 4.47 Å². The molecule has 0 N–H and O–H groups in total. The van der Waals surface area contributed by atoms with E-state index in [1.165, 1.54) is 0 Å². The lowest BCUT2D eigenvalue weighted by Crippen LogP contribution is -2.18. The molecule has 2 nitrogen and oxygen atoms in total. The average Bonchev–Trinajstić information content (AvgIpc) is 2.07. The molecular formula is C10H14Br2N2. The van der Waals surface area contributed by atoms with Gasteiger partial charge in [-0.15, -0.1) is 0 Å². The van der Waals surface area contributed by atoms with E-state index in [2.05, 4.69) is 62.6 Å². The molecule has 0 aliphatic heterocycles. The highest BCUT2D eigenvalue weighted by Gasteiger charge is 2.23. The van der Waals surface area contributed by atoms with E-state index in [9.17, 15) is 0 Å². The van der Waals surface area contributed by atoms with Crippen molar-refractivity contribution in [2.45, 2.75) is 31.5 Å². The Bertz CT molecular complexity index is 275. The number of aromatic nitrogens is 2. The summed E-state index contributed by atoms with van der Waals surface area (Å²) in [5.74, 6) is 1.81. The zero-order valence-electron chi connectivity index (χ0n) is 8.54. The van der Waals surface area contributed by atoms with Crippen LogP contribution in [-0.2, 0) is 0 Å². The lowest BCUT2D eigenvalue weighted by atomic mass is 9.92. The van der Waals surface area contributed by atoms with E-state index in [1.807, 2.05) is 0 Å². The summed E-state index contributed by atoms with van der Waals surface area (Å²) in [5, 5.41) is 0. The van der Waals surface area contributed by atoms with Crippen molar-refractivity contribution in [2.75, 3.05) is 0 Å². The molecule has 0 aliphatic rings. The van der Waals surface area contributed by atoms with E-state index in [1.54, 1.807) is 12.4 Å². The Morgan fingerprint density at radius 1 is 1.14 bits per heavy atom. The van der Waals surface area contributed by atoms with Gasteiger partial charge in [-0.3, -0.25) is 0 Å². The van der Waals surface area contributed by atoms with Crippen molar-refractivity contribution in [1.82, 2.24) is 9.97 Å². The molecule has 2 unspecified atom stereocenters. The van der Waals surface area contributed by atoms with Gasteiger partial charge in [0.1, 0.15) is 5.82 Å². The summed E-state index contributed by atoms with van der Waals surface area (Å²) >= 11 is 6.94. The van der Waals surface area contributed by atoms with Crippen molar-refractivity contribution in [3.05, 3.63) is 22.7 Å². The predicted molar refractivity (Wildman–Crippen MR) is 65.7 cm³/mol. The lowest BCUT2D eigenvalue weighted by molar-refractivity contribution is 0.475. The number of halogens is 2. The molecule has 0 fully saturated rings. The van der Waals surface area contributed by atoms with Crippen LogP contribution in [0.25, 0.3) is 0 Å².